The van der Waals surface area contributed by atoms with Crippen LogP contribution in [0.15, 0.2) is 30.3 Å². The first kappa shape index (κ1) is 19.8. The lowest BCUT2D eigenvalue weighted by atomic mass is 10.1. The van der Waals surface area contributed by atoms with Gasteiger partial charge in [0, 0.05) is 16.8 Å². The van der Waals surface area contributed by atoms with E-state index in [1.165, 1.54) is 6.92 Å². The van der Waals surface area contributed by atoms with Crippen LogP contribution in [0.25, 0.3) is 0 Å². The van der Waals surface area contributed by atoms with Crippen molar-refractivity contribution in [2.24, 2.45) is 0 Å². The predicted octanol–water partition coefficient (Wildman–Crippen LogP) is 3.63. The molecule has 2 aromatic carbocycles. The summed E-state index contributed by atoms with van der Waals surface area (Å²) in [5, 5.41) is 3.26. The van der Waals surface area contributed by atoms with Crippen molar-refractivity contribution in [1.82, 2.24) is 0 Å². The molecule has 0 bridgehead atoms. The summed E-state index contributed by atoms with van der Waals surface area (Å²) in [6.45, 7) is 4.99. The highest BCUT2D eigenvalue weighted by atomic mass is 35.5. The lowest BCUT2D eigenvalue weighted by Gasteiger charge is -2.15. The van der Waals surface area contributed by atoms with Gasteiger partial charge in [-0.05, 0) is 56.2 Å². The van der Waals surface area contributed by atoms with Crippen LogP contribution in [0.2, 0.25) is 5.02 Å². The van der Waals surface area contributed by atoms with Gasteiger partial charge in [-0.1, -0.05) is 11.6 Å². The van der Waals surface area contributed by atoms with Crippen molar-refractivity contribution >= 4 is 29.2 Å². The lowest BCUT2D eigenvalue weighted by molar-refractivity contribution is -0.155. The van der Waals surface area contributed by atoms with Crippen LogP contribution in [0, 0.1) is 13.8 Å². The Labute approximate surface area is 167 Å². The number of hydrogen-bond donors (Lipinski definition) is 1. The highest BCUT2D eigenvalue weighted by Crippen LogP contribution is 2.34. The van der Waals surface area contributed by atoms with Gasteiger partial charge in [0.25, 0.3) is 5.91 Å². The Balaban J connectivity index is 1.52. The van der Waals surface area contributed by atoms with Crippen LogP contribution in [-0.4, -0.2) is 31.4 Å². The lowest BCUT2D eigenvalue weighted by Crippen LogP contribution is -2.31. The molecule has 1 atom stereocenters. The van der Waals surface area contributed by atoms with E-state index in [1.54, 1.807) is 30.3 Å². The van der Waals surface area contributed by atoms with Gasteiger partial charge in [-0.3, -0.25) is 4.79 Å². The minimum Gasteiger partial charge on any atom is -0.481 e. The van der Waals surface area contributed by atoms with Crippen molar-refractivity contribution in [3.63, 3.8) is 0 Å². The van der Waals surface area contributed by atoms with E-state index in [0.717, 1.165) is 11.1 Å². The number of anilines is 1. The Hall–Kier alpha value is -2.93. The van der Waals surface area contributed by atoms with E-state index >= 15 is 0 Å². The monoisotopic (exact) mass is 405 g/mol. The zero-order valence-electron chi connectivity index (χ0n) is 15.7. The molecule has 0 aromatic heterocycles. The fourth-order valence-electron chi connectivity index (χ4n) is 2.76. The molecule has 28 heavy (non-hydrogen) atoms. The number of aryl methyl sites for hydroxylation is 2. The number of hydrogen-bond acceptors (Lipinski definition) is 6. The van der Waals surface area contributed by atoms with Gasteiger partial charge < -0.3 is 24.3 Å². The van der Waals surface area contributed by atoms with Gasteiger partial charge in [0.2, 0.25) is 6.79 Å². The number of fused-ring (bicyclic) bond motifs is 1. The van der Waals surface area contributed by atoms with Crippen LogP contribution in [0.1, 0.15) is 18.1 Å². The molecule has 3 rings (SSSR count). The average Bonchev–Trinajstić information content (AvgIpc) is 3.08. The quantitative estimate of drug-likeness (QED) is 0.739. The maximum Gasteiger partial charge on any atom is 0.344 e. The number of esters is 1. The van der Waals surface area contributed by atoms with Crippen LogP contribution < -0.4 is 19.5 Å². The predicted molar refractivity (Wildman–Crippen MR) is 103 cm³/mol. The molecule has 1 N–H and O–H groups in total. The third kappa shape index (κ3) is 4.67. The average molecular weight is 406 g/mol. The third-order valence-electron chi connectivity index (χ3n) is 4.08. The molecule has 0 fully saturated rings. The van der Waals surface area contributed by atoms with Crippen molar-refractivity contribution in [3.8, 4) is 17.2 Å². The van der Waals surface area contributed by atoms with Gasteiger partial charge in [-0.25, -0.2) is 4.79 Å². The summed E-state index contributed by atoms with van der Waals surface area (Å²) >= 11 is 5.98. The standard InChI is InChI=1S/C20H20ClNO6/c1-11-6-14(21)7-12(2)19(11)25-9-18(23)28-13(3)20(24)22-15-4-5-16-17(8-15)27-10-26-16/h4-8,13H,9-10H2,1-3H3,(H,22,24)/t13-/m1/s1. The maximum absolute atomic E-state index is 12.3. The van der Waals surface area contributed by atoms with Crippen molar-refractivity contribution in [2.75, 3.05) is 18.7 Å². The van der Waals surface area contributed by atoms with Gasteiger partial charge in [0.1, 0.15) is 5.75 Å². The summed E-state index contributed by atoms with van der Waals surface area (Å²) in [5.74, 6) is 0.610. The Morgan fingerprint density at radius 1 is 1.14 bits per heavy atom. The fourth-order valence-corrected chi connectivity index (χ4v) is 3.09. The van der Waals surface area contributed by atoms with Crippen LogP contribution >= 0.6 is 11.6 Å². The second-order valence-electron chi connectivity index (χ2n) is 6.35. The zero-order chi connectivity index (χ0) is 20.3. The van der Waals surface area contributed by atoms with Crippen molar-refractivity contribution in [2.45, 2.75) is 26.9 Å². The van der Waals surface area contributed by atoms with E-state index in [-0.39, 0.29) is 13.4 Å². The van der Waals surface area contributed by atoms with E-state index < -0.39 is 18.0 Å². The summed E-state index contributed by atoms with van der Waals surface area (Å²) in [6.07, 6.45) is -0.992. The number of benzene rings is 2. The fraction of sp³-hybridized carbons (Fsp3) is 0.300. The summed E-state index contributed by atoms with van der Waals surface area (Å²) in [4.78, 5) is 24.3. The molecule has 8 heteroatoms. The number of rotatable bonds is 6. The number of amides is 1. The first-order chi connectivity index (χ1) is 13.3. The van der Waals surface area contributed by atoms with Crippen molar-refractivity contribution in [3.05, 3.63) is 46.5 Å². The molecule has 1 amide bonds. The number of carbonyl (C=O) groups is 2. The molecule has 0 radical (unpaired) electrons. The molecule has 1 aliphatic rings. The first-order valence-corrected chi connectivity index (χ1v) is 9.01. The molecule has 0 saturated carbocycles. The Morgan fingerprint density at radius 3 is 2.54 bits per heavy atom. The van der Waals surface area contributed by atoms with Crippen molar-refractivity contribution < 1.29 is 28.5 Å². The van der Waals surface area contributed by atoms with Gasteiger partial charge >= 0.3 is 5.97 Å². The summed E-state index contributed by atoms with van der Waals surface area (Å²) < 4.78 is 21.2. The molecule has 0 spiro atoms. The molecule has 2 aromatic rings. The van der Waals surface area contributed by atoms with Gasteiger partial charge in [-0.2, -0.15) is 0 Å². The van der Waals surface area contributed by atoms with Crippen molar-refractivity contribution in [1.29, 1.82) is 0 Å². The molecule has 0 unspecified atom stereocenters. The first-order valence-electron chi connectivity index (χ1n) is 8.63. The highest BCUT2D eigenvalue weighted by molar-refractivity contribution is 6.30. The Bertz CT molecular complexity index is 891. The number of halogens is 1. The van der Waals surface area contributed by atoms with Gasteiger partial charge in [-0.15, -0.1) is 0 Å². The molecular weight excluding hydrogens is 386 g/mol. The van der Waals surface area contributed by atoms with Crippen LogP contribution in [0.5, 0.6) is 17.2 Å². The molecule has 1 aliphatic heterocycles. The topological polar surface area (TPSA) is 83.1 Å². The molecule has 0 saturated heterocycles. The second kappa shape index (κ2) is 8.39. The normalized spacial score (nSPS) is 13.0. The van der Waals surface area contributed by atoms with E-state index in [4.69, 9.17) is 30.5 Å². The second-order valence-corrected chi connectivity index (χ2v) is 6.78. The zero-order valence-corrected chi connectivity index (χ0v) is 16.5. The number of ether oxygens (including phenoxy) is 4. The minimum atomic E-state index is -0.992. The minimum absolute atomic E-state index is 0.146. The highest BCUT2D eigenvalue weighted by Gasteiger charge is 2.20. The summed E-state index contributed by atoms with van der Waals surface area (Å²) in [6, 6.07) is 8.51. The molecule has 1 heterocycles. The Kier molecular flexibility index (Phi) is 5.94. The van der Waals surface area contributed by atoms with E-state index in [0.29, 0.717) is 28.0 Å². The molecule has 148 valence electrons. The smallest absolute Gasteiger partial charge is 0.344 e. The van der Waals surface area contributed by atoms with Gasteiger partial charge in [0.05, 0.1) is 0 Å². The largest absolute Gasteiger partial charge is 0.481 e. The molecule has 7 nitrogen and oxygen atoms in total. The maximum atomic E-state index is 12.3. The number of nitrogens with one attached hydrogen (secondary N) is 1. The van der Waals surface area contributed by atoms with Crippen LogP contribution in [0.4, 0.5) is 5.69 Å². The van der Waals surface area contributed by atoms with E-state index in [2.05, 4.69) is 5.32 Å². The SMILES string of the molecule is Cc1cc(Cl)cc(C)c1OCC(=O)O[C@H](C)C(=O)Nc1ccc2c(c1)OCO2. The summed E-state index contributed by atoms with van der Waals surface area (Å²) in [5.41, 5.74) is 2.14. The van der Waals surface area contributed by atoms with Crippen LogP contribution in [0.3, 0.4) is 0 Å². The Morgan fingerprint density at radius 2 is 1.82 bits per heavy atom. The third-order valence-corrected chi connectivity index (χ3v) is 4.30. The molecule has 0 aliphatic carbocycles. The summed E-state index contributed by atoms with van der Waals surface area (Å²) in [7, 11) is 0. The number of carbonyl (C=O) groups excluding carboxylic acids is 2. The van der Waals surface area contributed by atoms with Gasteiger partial charge in [0.15, 0.2) is 24.2 Å². The van der Waals surface area contributed by atoms with E-state index in [1.807, 2.05) is 13.8 Å². The van der Waals surface area contributed by atoms with Crippen LogP contribution in [-0.2, 0) is 14.3 Å². The van der Waals surface area contributed by atoms with E-state index in [9.17, 15) is 9.59 Å². The molecular formula is C20H20ClNO6.